The molecule has 39 heavy (non-hydrogen) atoms. The van der Waals surface area contributed by atoms with E-state index in [0.29, 0.717) is 30.0 Å². The Morgan fingerprint density at radius 2 is 1.82 bits per heavy atom. The van der Waals surface area contributed by atoms with E-state index in [4.69, 9.17) is 0 Å². The normalized spacial score (nSPS) is 18.2. The van der Waals surface area contributed by atoms with Gasteiger partial charge in [0, 0.05) is 55.6 Å². The Bertz CT molecular complexity index is 1610. The van der Waals surface area contributed by atoms with Crippen LogP contribution >= 0.6 is 11.3 Å². The number of amides is 1. The number of hydrogen-bond donors (Lipinski definition) is 1. The summed E-state index contributed by atoms with van der Waals surface area (Å²) in [6.45, 7) is 5.29. The van der Waals surface area contributed by atoms with Crippen molar-refractivity contribution in [1.82, 2.24) is 14.5 Å². The second-order valence-corrected chi connectivity index (χ2v) is 10.9. The molecule has 1 fully saturated rings. The molecule has 4 aromatic rings. The van der Waals surface area contributed by atoms with Crippen molar-refractivity contribution in [3.63, 3.8) is 0 Å². The third kappa shape index (κ3) is 5.16. The summed E-state index contributed by atoms with van der Waals surface area (Å²) in [5, 5.41) is 2.76. The van der Waals surface area contributed by atoms with E-state index >= 15 is 4.39 Å². The quantitative estimate of drug-likeness (QED) is 0.351. The van der Waals surface area contributed by atoms with Gasteiger partial charge in [-0.2, -0.15) is 0 Å². The van der Waals surface area contributed by atoms with Gasteiger partial charge in [-0.05, 0) is 50.7 Å². The lowest BCUT2D eigenvalue weighted by Crippen LogP contribution is -2.55. The fourth-order valence-electron chi connectivity index (χ4n) is 4.97. The van der Waals surface area contributed by atoms with Gasteiger partial charge >= 0.3 is 0 Å². The van der Waals surface area contributed by atoms with Crippen LogP contribution in [-0.2, 0) is 7.05 Å². The van der Waals surface area contributed by atoms with Crippen LogP contribution in [0.15, 0.2) is 52.9 Å². The highest BCUT2D eigenvalue weighted by atomic mass is 32.1. The fourth-order valence-corrected chi connectivity index (χ4v) is 5.69. The summed E-state index contributed by atoms with van der Waals surface area (Å²) >= 11 is 1.43. The Hall–Kier alpha value is -3.70. The fraction of sp³-hybridized carbons (Fsp3) is 0.321. The number of carbonyl (C=O) groups is 1. The largest absolute Gasteiger partial charge is 0.367 e. The van der Waals surface area contributed by atoms with Crippen LogP contribution in [0.5, 0.6) is 0 Å². The van der Waals surface area contributed by atoms with Gasteiger partial charge in [-0.25, -0.2) is 18.2 Å². The first kappa shape index (κ1) is 26.9. The summed E-state index contributed by atoms with van der Waals surface area (Å²) in [5.41, 5.74) is 2.48. The Balaban J connectivity index is 1.62. The molecule has 0 bridgehead atoms. The molecular weight excluding hydrogens is 527 g/mol. The van der Waals surface area contributed by atoms with Crippen molar-refractivity contribution in [1.29, 1.82) is 0 Å². The number of hydrogen-bond acceptors (Lipinski definition) is 6. The first-order valence-electron chi connectivity index (χ1n) is 12.5. The van der Waals surface area contributed by atoms with E-state index in [2.05, 4.69) is 29.0 Å². The molecule has 1 aliphatic rings. The number of likely N-dealkylation sites (N-methyl/N-ethyl adjacent to an activating group) is 1. The SMILES string of the molecule is CC1CN(c2cc(F)c(-c3ccc4ncsc4c3)cc2NC(=O)c2cn(C)c(=O)cc2C(F)F)C[C@@H](C)N1C. The number of aromatic nitrogens is 2. The van der Waals surface area contributed by atoms with Crippen LogP contribution in [0.25, 0.3) is 21.3 Å². The molecule has 2 aromatic carbocycles. The molecule has 5 rings (SSSR count). The van der Waals surface area contributed by atoms with E-state index in [1.807, 2.05) is 18.0 Å². The smallest absolute Gasteiger partial charge is 0.264 e. The van der Waals surface area contributed by atoms with E-state index in [-0.39, 0.29) is 23.2 Å². The summed E-state index contributed by atoms with van der Waals surface area (Å²) in [4.78, 5) is 33.9. The van der Waals surface area contributed by atoms with Gasteiger partial charge in [0.2, 0.25) is 0 Å². The van der Waals surface area contributed by atoms with Crippen LogP contribution in [0.4, 0.5) is 24.5 Å². The molecule has 11 heteroatoms. The van der Waals surface area contributed by atoms with Crippen LogP contribution in [0.1, 0.15) is 36.2 Å². The lowest BCUT2D eigenvalue weighted by molar-refractivity contribution is 0.101. The van der Waals surface area contributed by atoms with Gasteiger partial charge in [-0.1, -0.05) is 6.07 Å². The standard InChI is InChI=1S/C28H28F3N5O2S/c1-15-11-36(12-16(2)35(15)4)24-10-21(29)18(17-5-6-22-25(7-17)39-14-32-22)8-23(24)33-28(38)20-13-34(3)26(37)9-19(20)27(30)31/h5-10,13-16,27H,11-12H2,1-4H3,(H,33,38)/t15-,16?/m1/s1. The van der Waals surface area contributed by atoms with Crippen molar-refractivity contribution in [3.8, 4) is 11.1 Å². The zero-order chi connectivity index (χ0) is 28.0. The lowest BCUT2D eigenvalue weighted by Gasteiger charge is -2.44. The number of rotatable bonds is 5. The second-order valence-electron chi connectivity index (χ2n) is 10.00. The summed E-state index contributed by atoms with van der Waals surface area (Å²) < 4.78 is 45.2. The summed E-state index contributed by atoms with van der Waals surface area (Å²) in [6, 6.07) is 9.40. The van der Waals surface area contributed by atoms with Crippen molar-refractivity contribution in [2.75, 3.05) is 30.4 Å². The Morgan fingerprint density at radius 1 is 1.10 bits per heavy atom. The number of nitrogens with zero attached hydrogens (tertiary/aromatic N) is 4. The first-order valence-corrected chi connectivity index (χ1v) is 13.4. The minimum Gasteiger partial charge on any atom is -0.367 e. The zero-order valence-electron chi connectivity index (χ0n) is 21.9. The molecule has 0 radical (unpaired) electrons. The average Bonchev–Trinajstić information content (AvgIpc) is 3.37. The first-order chi connectivity index (χ1) is 18.5. The third-order valence-corrected chi connectivity index (χ3v) is 8.21. The number of benzene rings is 2. The highest BCUT2D eigenvalue weighted by Crippen LogP contribution is 2.37. The maximum atomic E-state index is 15.7. The molecule has 0 aliphatic carbocycles. The Labute approximate surface area is 227 Å². The molecule has 2 aromatic heterocycles. The molecule has 3 heterocycles. The van der Waals surface area contributed by atoms with Crippen LogP contribution in [0.3, 0.4) is 0 Å². The maximum absolute atomic E-state index is 15.7. The minimum atomic E-state index is -3.02. The van der Waals surface area contributed by atoms with Crippen molar-refractivity contribution < 1.29 is 18.0 Å². The van der Waals surface area contributed by atoms with Crippen LogP contribution in [0, 0.1) is 5.82 Å². The number of alkyl halides is 2. The third-order valence-electron chi connectivity index (χ3n) is 7.42. The molecule has 0 saturated carbocycles. The molecule has 7 nitrogen and oxygen atoms in total. The highest BCUT2D eigenvalue weighted by molar-refractivity contribution is 7.16. The number of carbonyl (C=O) groups excluding carboxylic acids is 1. The number of aryl methyl sites for hydroxylation is 1. The predicted molar refractivity (Wildman–Crippen MR) is 149 cm³/mol. The van der Waals surface area contributed by atoms with Crippen molar-refractivity contribution in [3.05, 3.63) is 75.4 Å². The predicted octanol–water partition coefficient (Wildman–Crippen LogP) is 5.52. The maximum Gasteiger partial charge on any atom is 0.264 e. The molecule has 1 N–H and O–H groups in total. The number of halogens is 3. The van der Waals surface area contributed by atoms with Gasteiger partial charge in [-0.3, -0.25) is 14.5 Å². The van der Waals surface area contributed by atoms with Gasteiger partial charge in [0.1, 0.15) is 5.82 Å². The van der Waals surface area contributed by atoms with Crippen LogP contribution < -0.4 is 15.8 Å². The van der Waals surface area contributed by atoms with E-state index in [0.717, 1.165) is 27.0 Å². The van der Waals surface area contributed by atoms with Crippen molar-refractivity contribution >= 4 is 38.8 Å². The van der Waals surface area contributed by atoms with E-state index in [9.17, 15) is 18.4 Å². The number of thiazole rings is 1. The van der Waals surface area contributed by atoms with Crippen LogP contribution in [-0.4, -0.2) is 52.6 Å². The number of fused-ring (bicyclic) bond motifs is 1. The number of anilines is 2. The molecule has 1 amide bonds. The molecule has 2 atom stereocenters. The van der Waals surface area contributed by atoms with E-state index < -0.39 is 29.3 Å². The average molecular weight is 556 g/mol. The van der Waals surface area contributed by atoms with Gasteiger partial charge in [0.15, 0.2) is 0 Å². The zero-order valence-corrected chi connectivity index (χ0v) is 22.7. The summed E-state index contributed by atoms with van der Waals surface area (Å²) in [5.74, 6) is -1.28. The van der Waals surface area contributed by atoms with Gasteiger partial charge < -0.3 is 14.8 Å². The molecule has 1 aliphatic heterocycles. The number of pyridine rings is 1. The van der Waals surface area contributed by atoms with Gasteiger partial charge in [0.05, 0.1) is 32.7 Å². The molecular formula is C28H28F3N5O2S. The summed E-state index contributed by atoms with van der Waals surface area (Å²) in [7, 11) is 3.42. The second kappa shape index (κ2) is 10.5. The molecule has 1 saturated heterocycles. The van der Waals surface area contributed by atoms with Crippen molar-refractivity contribution in [2.24, 2.45) is 7.05 Å². The van der Waals surface area contributed by atoms with Crippen molar-refractivity contribution in [2.45, 2.75) is 32.4 Å². The highest BCUT2D eigenvalue weighted by Gasteiger charge is 2.30. The number of nitrogens with one attached hydrogen (secondary N) is 1. The Morgan fingerprint density at radius 3 is 2.51 bits per heavy atom. The van der Waals surface area contributed by atoms with Gasteiger partial charge in [0.25, 0.3) is 17.9 Å². The molecule has 204 valence electrons. The lowest BCUT2D eigenvalue weighted by atomic mass is 10.0. The molecule has 1 unspecified atom stereocenters. The monoisotopic (exact) mass is 555 g/mol. The van der Waals surface area contributed by atoms with E-state index in [1.165, 1.54) is 24.5 Å². The summed E-state index contributed by atoms with van der Waals surface area (Å²) in [6.07, 6.45) is -1.92. The number of piperazine rings is 1. The van der Waals surface area contributed by atoms with E-state index in [1.54, 1.807) is 23.7 Å². The molecule has 0 spiro atoms. The minimum absolute atomic E-state index is 0.155. The van der Waals surface area contributed by atoms with Crippen LogP contribution in [0.2, 0.25) is 0 Å². The van der Waals surface area contributed by atoms with Gasteiger partial charge in [-0.15, -0.1) is 11.3 Å². The Kier molecular flexibility index (Phi) is 7.21. The topological polar surface area (TPSA) is 70.5 Å².